The van der Waals surface area contributed by atoms with E-state index in [1.54, 1.807) is 0 Å². The molecular formula is C32H64N2O8. The van der Waals surface area contributed by atoms with Gasteiger partial charge in [0, 0.05) is 12.8 Å². The van der Waals surface area contributed by atoms with Crippen LogP contribution in [-0.4, -0.2) is 83.0 Å². The lowest BCUT2D eigenvalue weighted by Crippen LogP contribution is -2.59. The van der Waals surface area contributed by atoms with Gasteiger partial charge in [-0.25, -0.2) is 9.78 Å². The van der Waals surface area contributed by atoms with Gasteiger partial charge in [0.05, 0.1) is 26.4 Å². The molecule has 0 spiro atoms. The highest BCUT2D eigenvalue weighted by molar-refractivity contribution is 5.77. The topological polar surface area (TPSA) is 158 Å². The van der Waals surface area contributed by atoms with Crippen molar-refractivity contribution >= 4 is 11.8 Å². The van der Waals surface area contributed by atoms with Gasteiger partial charge in [-0.3, -0.25) is 9.59 Å². The van der Waals surface area contributed by atoms with E-state index in [4.69, 9.17) is 9.78 Å². The van der Waals surface area contributed by atoms with Crippen LogP contribution in [0.3, 0.4) is 0 Å². The van der Waals surface area contributed by atoms with Crippen molar-refractivity contribution in [2.24, 2.45) is 0 Å². The molecule has 0 heterocycles. The van der Waals surface area contributed by atoms with Gasteiger partial charge in [-0.15, -0.1) is 0 Å². The van der Waals surface area contributed by atoms with Crippen LogP contribution in [-0.2, 0) is 19.4 Å². The van der Waals surface area contributed by atoms with Gasteiger partial charge in [-0.2, -0.15) is 0 Å². The van der Waals surface area contributed by atoms with E-state index >= 15 is 0 Å². The van der Waals surface area contributed by atoms with E-state index in [2.05, 4.69) is 24.5 Å². The maximum absolute atomic E-state index is 12.4. The van der Waals surface area contributed by atoms with Gasteiger partial charge in [0.1, 0.15) is 24.3 Å². The molecule has 0 aromatic carbocycles. The van der Waals surface area contributed by atoms with Crippen molar-refractivity contribution in [3.05, 3.63) is 0 Å². The number of hydrogen-bond donors (Lipinski definition) is 6. The van der Waals surface area contributed by atoms with Gasteiger partial charge < -0.3 is 31.1 Å². The summed E-state index contributed by atoms with van der Waals surface area (Å²) in [4.78, 5) is 35.2. The fraction of sp³-hybridized carbons (Fsp3) is 0.938. The Morgan fingerprint density at radius 2 is 0.738 bits per heavy atom. The lowest BCUT2D eigenvalue weighted by molar-refractivity contribution is -0.318. The molecule has 0 atom stereocenters. The molecular weight excluding hydrogens is 540 g/mol. The van der Waals surface area contributed by atoms with Crippen LogP contribution >= 0.6 is 0 Å². The molecule has 42 heavy (non-hydrogen) atoms. The number of aliphatic hydroxyl groups is 4. The largest absolute Gasteiger partial charge is 0.394 e. The van der Waals surface area contributed by atoms with Crippen LogP contribution in [0.15, 0.2) is 0 Å². The molecule has 2 amide bonds. The summed E-state index contributed by atoms with van der Waals surface area (Å²) in [5, 5.41) is 44.8. The first-order valence-corrected chi connectivity index (χ1v) is 16.7. The van der Waals surface area contributed by atoms with E-state index in [9.17, 15) is 30.0 Å². The van der Waals surface area contributed by atoms with Crippen molar-refractivity contribution in [1.29, 1.82) is 0 Å². The van der Waals surface area contributed by atoms with Gasteiger partial charge in [0.2, 0.25) is 11.8 Å². The lowest BCUT2D eigenvalue weighted by Gasteiger charge is -2.32. The van der Waals surface area contributed by atoms with E-state index in [1.807, 2.05) is 0 Å². The van der Waals surface area contributed by atoms with E-state index in [-0.39, 0.29) is 37.9 Å². The van der Waals surface area contributed by atoms with Crippen molar-refractivity contribution in [3.8, 4) is 0 Å². The number of rotatable bonds is 31. The van der Waals surface area contributed by atoms with E-state index < -0.39 is 37.5 Å². The molecule has 0 aliphatic carbocycles. The second-order valence-corrected chi connectivity index (χ2v) is 12.0. The third-order valence-electron chi connectivity index (χ3n) is 7.79. The molecule has 0 aromatic rings. The second kappa shape index (κ2) is 27.3. The predicted molar refractivity (Wildman–Crippen MR) is 166 cm³/mol. The van der Waals surface area contributed by atoms with Crippen LogP contribution in [0.2, 0.25) is 0 Å². The number of amides is 2. The SMILES string of the molecule is CCCCCCCCCCCC(=O)NC(CO)(CO)COOCC(CO)(CO)NC(=O)CCCCCCCCCCC. The first-order chi connectivity index (χ1) is 20.4. The highest BCUT2D eigenvalue weighted by Crippen LogP contribution is 2.14. The molecule has 0 rings (SSSR count). The van der Waals surface area contributed by atoms with Crippen molar-refractivity contribution in [2.75, 3.05) is 39.6 Å². The molecule has 0 saturated carbocycles. The van der Waals surface area contributed by atoms with E-state index in [1.165, 1.54) is 64.2 Å². The summed E-state index contributed by atoms with van der Waals surface area (Å²) in [5.74, 6) is -0.595. The number of nitrogens with one attached hydrogen (secondary N) is 2. The van der Waals surface area contributed by atoms with Crippen molar-refractivity contribution in [1.82, 2.24) is 10.6 Å². The molecule has 250 valence electrons. The standard InChI is InChI=1S/C32H64N2O8/c1-3-5-7-9-11-13-15-17-19-21-29(39)33-31(23-35,24-36)27-41-42-28-32(25-37,26-38)34-30(40)22-20-18-16-14-12-10-8-6-4-2/h35-38H,3-28H2,1-2H3,(H,33,39)(H,34,40). The smallest absolute Gasteiger partial charge is 0.220 e. The average molecular weight is 605 g/mol. The first kappa shape index (κ1) is 40.7. The molecule has 6 N–H and O–H groups in total. The number of carbonyl (C=O) groups excluding carboxylic acids is 2. The Morgan fingerprint density at radius 3 is 1.00 bits per heavy atom. The van der Waals surface area contributed by atoms with Gasteiger partial charge in [0.25, 0.3) is 0 Å². The molecule has 10 heteroatoms. The Hall–Kier alpha value is -1.30. The van der Waals surface area contributed by atoms with Gasteiger partial charge in [-0.1, -0.05) is 117 Å². The predicted octanol–water partition coefficient (Wildman–Crippen LogP) is 4.46. The minimum Gasteiger partial charge on any atom is -0.394 e. The monoisotopic (exact) mass is 604 g/mol. The normalized spacial score (nSPS) is 12.0. The first-order valence-electron chi connectivity index (χ1n) is 16.7. The molecule has 0 aliphatic heterocycles. The summed E-state index contributed by atoms with van der Waals surface area (Å²) in [6.45, 7) is 1.40. The van der Waals surface area contributed by atoms with Crippen molar-refractivity contribution < 1.29 is 39.8 Å². The summed E-state index contributed by atoms with van der Waals surface area (Å²) >= 11 is 0. The Labute approximate surface area is 255 Å². The Morgan fingerprint density at radius 1 is 0.476 bits per heavy atom. The van der Waals surface area contributed by atoms with Crippen molar-refractivity contribution in [2.45, 2.75) is 153 Å². The highest BCUT2D eigenvalue weighted by atomic mass is 17.2. The Kier molecular flexibility index (Phi) is 26.4. The fourth-order valence-electron chi connectivity index (χ4n) is 4.73. The lowest BCUT2D eigenvalue weighted by atomic mass is 10.0. The Bertz CT molecular complexity index is 588. The summed E-state index contributed by atoms with van der Waals surface area (Å²) in [5.41, 5.74) is -2.90. The minimum atomic E-state index is -1.45. The quantitative estimate of drug-likeness (QED) is 0.0385. The van der Waals surface area contributed by atoms with Gasteiger partial charge in [-0.05, 0) is 12.8 Å². The van der Waals surface area contributed by atoms with Crippen LogP contribution in [0.1, 0.15) is 142 Å². The number of unbranched alkanes of at least 4 members (excludes halogenated alkanes) is 16. The fourth-order valence-corrected chi connectivity index (χ4v) is 4.73. The molecule has 0 aromatic heterocycles. The molecule has 0 bridgehead atoms. The summed E-state index contributed by atoms with van der Waals surface area (Å²) in [6, 6.07) is 0. The number of aliphatic hydroxyl groups excluding tert-OH is 4. The maximum Gasteiger partial charge on any atom is 0.220 e. The van der Waals surface area contributed by atoms with Crippen LogP contribution in [0, 0.1) is 0 Å². The summed E-state index contributed by atoms with van der Waals surface area (Å²) in [6.07, 6.45) is 20.9. The molecule has 0 radical (unpaired) electrons. The zero-order chi connectivity index (χ0) is 31.4. The van der Waals surface area contributed by atoms with Crippen molar-refractivity contribution in [3.63, 3.8) is 0 Å². The molecule has 0 saturated heterocycles. The van der Waals surface area contributed by atoms with Crippen LogP contribution in [0.25, 0.3) is 0 Å². The van der Waals surface area contributed by atoms with Gasteiger partial charge >= 0.3 is 0 Å². The Balaban J connectivity index is 4.36. The molecule has 0 aliphatic rings. The van der Waals surface area contributed by atoms with E-state index in [0.717, 1.165) is 51.4 Å². The second-order valence-electron chi connectivity index (χ2n) is 12.0. The number of hydrogen-bond acceptors (Lipinski definition) is 8. The summed E-state index contributed by atoms with van der Waals surface area (Å²) in [7, 11) is 0. The van der Waals surface area contributed by atoms with Gasteiger partial charge in [0.15, 0.2) is 0 Å². The summed E-state index contributed by atoms with van der Waals surface area (Å²) < 4.78 is 0. The zero-order valence-corrected chi connectivity index (χ0v) is 26.8. The maximum atomic E-state index is 12.4. The molecule has 0 unspecified atom stereocenters. The van der Waals surface area contributed by atoms with E-state index in [0.29, 0.717) is 0 Å². The van der Waals surface area contributed by atoms with Crippen LogP contribution in [0.5, 0.6) is 0 Å². The highest BCUT2D eigenvalue weighted by Gasteiger charge is 2.34. The van der Waals surface area contributed by atoms with Crippen LogP contribution < -0.4 is 10.6 Å². The number of carbonyl (C=O) groups is 2. The third-order valence-corrected chi connectivity index (χ3v) is 7.79. The molecule has 10 nitrogen and oxygen atoms in total. The minimum absolute atomic E-state index is 0.279. The molecule has 0 fully saturated rings. The third kappa shape index (κ3) is 20.6. The average Bonchev–Trinajstić information content (AvgIpc) is 3.00. The zero-order valence-electron chi connectivity index (χ0n) is 26.8. The van der Waals surface area contributed by atoms with Crippen LogP contribution in [0.4, 0.5) is 0 Å².